The van der Waals surface area contributed by atoms with E-state index in [9.17, 15) is 13.2 Å². The van der Waals surface area contributed by atoms with E-state index < -0.39 is 11.9 Å². The van der Waals surface area contributed by atoms with Crippen LogP contribution in [0.25, 0.3) is 11.1 Å². The minimum absolute atomic E-state index is 0.211. The molecule has 2 rings (SSSR count). The number of nitrogen functional groups attached to an aromatic ring is 1. The third-order valence-electron chi connectivity index (χ3n) is 2.33. The minimum Gasteiger partial charge on any atom is -0.367 e. The number of halogens is 3. The largest absolute Gasteiger partial charge is 0.437 e. The Morgan fingerprint density at radius 3 is 2.29 bits per heavy atom. The average molecular weight is 242 g/mol. The zero-order chi connectivity index (χ0) is 12.6. The van der Waals surface area contributed by atoms with Crippen LogP contribution in [-0.2, 0) is 6.18 Å². The van der Waals surface area contributed by atoms with Crippen LogP contribution in [0.1, 0.15) is 11.3 Å². The normalized spacial score (nSPS) is 11.8. The van der Waals surface area contributed by atoms with Crippen LogP contribution < -0.4 is 5.73 Å². The Morgan fingerprint density at radius 2 is 1.76 bits per heavy atom. The molecular weight excluding hydrogens is 233 g/mol. The highest BCUT2D eigenvalue weighted by Crippen LogP contribution is 2.39. The molecule has 1 aromatic carbocycles. The Balaban J connectivity index is 2.59. The minimum atomic E-state index is -4.58. The van der Waals surface area contributed by atoms with Crippen molar-refractivity contribution in [3.8, 4) is 11.1 Å². The summed E-state index contributed by atoms with van der Waals surface area (Å²) in [5, 5.41) is 2.96. The van der Waals surface area contributed by atoms with Crippen LogP contribution in [0.5, 0.6) is 0 Å². The first kappa shape index (κ1) is 11.5. The fraction of sp³-hybridized carbons (Fsp3) is 0.182. The van der Waals surface area contributed by atoms with Gasteiger partial charge in [0.15, 0.2) is 5.69 Å². The van der Waals surface area contributed by atoms with Gasteiger partial charge in [-0.15, -0.1) is 0 Å². The van der Waals surface area contributed by atoms with Crippen LogP contribution >= 0.6 is 0 Å². The summed E-state index contributed by atoms with van der Waals surface area (Å²) in [4.78, 5) is 0. The summed E-state index contributed by atoms with van der Waals surface area (Å²) in [6.45, 7) is 1.84. The predicted octanol–water partition coefficient (Wildman–Crippen LogP) is 3.25. The van der Waals surface area contributed by atoms with Gasteiger partial charge < -0.3 is 10.3 Å². The van der Waals surface area contributed by atoms with Crippen molar-refractivity contribution in [2.75, 3.05) is 5.73 Å². The van der Waals surface area contributed by atoms with Gasteiger partial charge >= 0.3 is 6.18 Å². The second kappa shape index (κ2) is 3.80. The van der Waals surface area contributed by atoms with Gasteiger partial charge in [0.2, 0.25) is 5.88 Å². The SMILES string of the molecule is Cc1ccc(-c2c(C(F)(F)F)noc2N)cc1. The fourth-order valence-corrected chi connectivity index (χ4v) is 1.50. The smallest absolute Gasteiger partial charge is 0.367 e. The summed E-state index contributed by atoms with van der Waals surface area (Å²) >= 11 is 0. The molecule has 2 aromatic rings. The molecular formula is C11H9F3N2O. The first-order valence-corrected chi connectivity index (χ1v) is 4.79. The maximum atomic E-state index is 12.6. The van der Waals surface area contributed by atoms with Gasteiger partial charge in [0, 0.05) is 0 Å². The third-order valence-corrected chi connectivity index (χ3v) is 2.33. The van der Waals surface area contributed by atoms with Gasteiger partial charge in [-0.05, 0) is 12.5 Å². The molecule has 0 aliphatic carbocycles. The molecule has 6 heteroatoms. The van der Waals surface area contributed by atoms with Gasteiger partial charge in [-0.2, -0.15) is 13.2 Å². The number of hydrogen-bond donors (Lipinski definition) is 1. The van der Waals surface area contributed by atoms with Crippen molar-refractivity contribution in [3.63, 3.8) is 0 Å². The molecule has 0 bridgehead atoms. The highest BCUT2D eigenvalue weighted by Gasteiger charge is 2.39. The van der Waals surface area contributed by atoms with Crippen molar-refractivity contribution in [2.24, 2.45) is 0 Å². The van der Waals surface area contributed by atoms with Crippen molar-refractivity contribution in [2.45, 2.75) is 13.1 Å². The second-order valence-corrected chi connectivity index (χ2v) is 3.63. The number of nitrogens with two attached hydrogens (primary N) is 1. The Labute approximate surface area is 95.0 Å². The highest BCUT2D eigenvalue weighted by atomic mass is 19.4. The molecule has 0 saturated carbocycles. The molecule has 2 N–H and O–H groups in total. The summed E-state index contributed by atoms with van der Waals surface area (Å²) in [6, 6.07) is 6.49. The van der Waals surface area contributed by atoms with Gasteiger partial charge in [-0.3, -0.25) is 0 Å². The molecule has 0 radical (unpaired) electrons. The van der Waals surface area contributed by atoms with E-state index in [1.807, 2.05) is 6.92 Å². The van der Waals surface area contributed by atoms with Crippen molar-refractivity contribution in [1.82, 2.24) is 5.16 Å². The van der Waals surface area contributed by atoms with E-state index in [1.165, 1.54) is 0 Å². The lowest BCUT2D eigenvalue weighted by molar-refractivity contribution is -0.142. The molecule has 0 atom stereocenters. The number of nitrogens with zero attached hydrogens (tertiary/aromatic N) is 1. The van der Waals surface area contributed by atoms with Crippen LogP contribution in [-0.4, -0.2) is 5.16 Å². The lowest BCUT2D eigenvalue weighted by atomic mass is 10.0. The first-order chi connectivity index (χ1) is 7.89. The number of anilines is 1. The summed E-state index contributed by atoms with van der Waals surface area (Å²) < 4.78 is 42.4. The number of aryl methyl sites for hydroxylation is 1. The van der Waals surface area contributed by atoms with Crippen LogP contribution in [0.2, 0.25) is 0 Å². The van der Waals surface area contributed by atoms with E-state index in [4.69, 9.17) is 5.73 Å². The van der Waals surface area contributed by atoms with Gasteiger partial charge in [0.1, 0.15) is 0 Å². The molecule has 1 heterocycles. The van der Waals surface area contributed by atoms with Crippen LogP contribution in [0, 0.1) is 6.92 Å². The topological polar surface area (TPSA) is 52.0 Å². The molecule has 0 aliphatic rings. The predicted molar refractivity (Wildman–Crippen MR) is 56.1 cm³/mol. The van der Waals surface area contributed by atoms with Gasteiger partial charge in [0.05, 0.1) is 5.56 Å². The molecule has 0 aliphatic heterocycles. The quantitative estimate of drug-likeness (QED) is 0.835. The van der Waals surface area contributed by atoms with Crippen molar-refractivity contribution >= 4 is 5.88 Å². The van der Waals surface area contributed by atoms with E-state index in [-0.39, 0.29) is 11.4 Å². The highest BCUT2D eigenvalue weighted by molar-refractivity contribution is 5.75. The molecule has 0 saturated heterocycles. The van der Waals surface area contributed by atoms with Gasteiger partial charge in [-0.25, -0.2) is 0 Å². The molecule has 0 fully saturated rings. The monoisotopic (exact) mass is 242 g/mol. The summed E-state index contributed by atoms with van der Waals surface area (Å²) in [5.41, 5.74) is 5.35. The standard InChI is InChI=1S/C11H9F3N2O/c1-6-2-4-7(5-3-6)8-9(11(12,13)14)16-17-10(8)15/h2-5H,15H2,1H3. The lowest BCUT2D eigenvalue weighted by Crippen LogP contribution is -2.07. The zero-order valence-corrected chi connectivity index (χ0v) is 8.88. The van der Waals surface area contributed by atoms with Crippen LogP contribution in [0.4, 0.5) is 19.1 Å². The average Bonchev–Trinajstić information content (AvgIpc) is 2.61. The Kier molecular flexibility index (Phi) is 2.57. The molecule has 0 amide bonds. The second-order valence-electron chi connectivity index (χ2n) is 3.63. The fourth-order valence-electron chi connectivity index (χ4n) is 1.50. The number of aromatic nitrogens is 1. The molecule has 3 nitrogen and oxygen atoms in total. The van der Waals surface area contributed by atoms with Crippen molar-refractivity contribution < 1.29 is 17.7 Å². The van der Waals surface area contributed by atoms with E-state index in [0.717, 1.165) is 5.56 Å². The molecule has 1 aromatic heterocycles. The summed E-state index contributed by atoms with van der Waals surface area (Å²) in [5.74, 6) is -0.332. The molecule has 17 heavy (non-hydrogen) atoms. The lowest BCUT2D eigenvalue weighted by Gasteiger charge is -2.05. The van der Waals surface area contributed by atoms with Gasteiger partial charge in [-0.1, -0.05) is 35.0 Å². The van der Waals surface area contributed by atoms with E-state index in [2.05, 4.69) is 9.68 Å². The number of rotatable bonds is 1. The Morgan fingerprint density at radius 1 is 1.18 bits per heavy atom. The Bertz CT molecular complexity index is 529. The maximum absolute atomic E-state index is 12.6. The van der Waals surface area contributed by atoms with E-state index in [0.29, 0.717) is 5.56 Å². The van der Waals surface area contributed by atoms with E-state index in [1.54, 1.807) is 24.3 Å². The number of hydrogen-bond acceptors (Lipinski definition) is 3. The third kappa shape index (κ3) is 2.11. The maximum Gasteiger partial charge on any atom is 0.437 e. The first-order valence-electron chi connectivity index (χ1n) is 4.79. The number of alkyl halides is 3. The summed E-state index contributed by atoms with van der Waals surface area (Å²) in [6.07, 6.45) is -4.58. The molecule has 0 unspecified atom stereocenters. The zero-order valence-electron chi connectivity index (χ0n) is 8.88. The number of benzene rings is 1. The molecule has 90 valence electrons. The van der Waals surface area contributed by atoms with Crippen LogP contribution in [0.3, 0.4) is 0 Å². The molecule has 0 spiro atoms. The summed E-state index contributed by atoms with van der Waals surface area (Å²) in [7, 11) is 0. The van der Waals surface area contributed by atoms with Crippen LogP contribution in [0.15, 0.2) is 28.8 Å². The van der Waals surface area contributed by atoms with Gasteiger partial charge in [0.25, 0.3) is 0 Å². The van der Waals surface area contributed by atoms with Crippen molar-refractivity contribution in [3.05, 3.63) is 35.5 Å². The van der Waals surface area contributed by atoms with E-state index >= 15 is 0 Å². The van der Waals surface area contributed by atoms with Crippen molar-refractivity contribution in [1.29, 1.82) is 0 Å². The Hall–Kier alpha value is -1.98.